The van der Waals surface area contributed by atoms with Crippen LogP contribution in [0.1, 0.15) is 0 Å². The summed E-state index contributed by atoms with van der Waals surface area (Å²) in [5.74, 6) is -1.72. The lowest BCUT2D eigenvalue weighted by atomic mass is 9.83. The number of hydrogen-bond acceptors (Lipinski definition) is 16. The number of carbonyl (C=O) groups is 4. The molecule has 4 unspecified atom stereocenters. The van der Waals surface area contributed by atoms with Crippen molar-refractivity contribution in [3.05, 3.63) is 0 Å². The fourth-order valence-electron chi connectivity index (χ4n) is 5.45. The molecule has 4 aliphatic heterocycles. The van der Waals surface area contributed by atoms with Gasteiger partial charge in [0.2, 0.25) is 0 Å². The quantitative estimate of drug-likeness (QED) is 0.0754. The molecule has 4 saturated heterocycles. The number of hydrazine groups is 4. The summed E-state index contributed by atoms with van der Waals surface area (Å²) in [5.41, 5.74) is 15.9. The summed E-state index contributed by atoms with van der Waals surface area (Å²) in [6, 6.07) is 0. The number of hydrogen-bond donors (Lipinski definition) is 9. The smallest absolute Gasteiger partial charge is 0.397 e. The largest absolute Gasteiger partial charge is 0.436 e. The van der Waals surface area contributed by atoms with E-state index in [0.29, 0.717) is 6.54 Å². The normalized spacial score (nSPS) is 26.6. The Morgan fingerprint density at radius 1 is 0.571 bits per heavy atom. The third kappa shape index (κ3) is 6.16. The first kappa shape index (κ1) is 32.6. The van der Waals surface area contributed by atoms with Gasteiger partial charge in [0.25, 0.3) is 23.6 Å². The third-order valence-electron chi connectivity index (χ3n) is 7.61. The molecule has 4 amide bonds. The fraction of sp³-hybridized carbons (Fsp3) is 0.778. The van der Waals surface area contributed by atoms with Crippen molar-refractivity contribution in [2.24, 2.45) is 5.73 Å². The first-order chi connectivity index (χ1) is 19.8. The summed E-state index contributed by atoms with van der Waals surface area (Å²) in [6.45, 7) is 7.31. The predicted molar refractivity (Wildman–Crippen MR) is 149 cm³/mol. The Bertz CT molecular complexity index is 904. The minimum atomic E-state index is -1.05. The number of nitrogens with zero attached hydrogens (tertiary/aromatic N) is 7. The highest BCUT2D eigenvalue weighted by Gasteiger charge is 2.56. The molecule has 4 heterocycles. The summed E-state index contributed by atoms with van der Waals surface area (Å²) in [7, 11) is -4.21. The molecular weight excluding hydrogens is 556 g/mol. The monoisotopic (exact) mass is 594 g/mol. The molecule has 4 rings (SSSR count). The van der Waals surface area contributed by atoms with Crippen molar-refractivity contribution in [2.45, 2.75) is 52.0 Å². The van der Waals surface area contributed by atoms with Crippen LogP contribution < -0.4 is 27.4 Å². The molecule has 0 saturated carbocycles. The maximum Gasteiger partial charge on any atom is 0.397 e. The molecule has 230 valence electrons. The van der Waals surface area contributed by atoms with E-state index >= 15 is 0 Å². The lowest BCUT2D eigenvalue weighted by Gasteiger charge is -2.55. The molecule has 0 aromatic carbocycles. The maximum atomic E-state index is 12.6. The summed E-state index contributed by atoms with van der Waals surface area (Å²) in [6.07, 6.45) is -3.96. The highest BCUT2D eigenvalue weighted by Crippen LogP contribution is 2.25. The molecule has 0 bridgehead atoms. The van der Waals surface area contributed by atoms with Gasteiger partial charge in [0.15, 0.2) is 24.7 Å². The minimum Gasteiger partial charge on any atom is -0.436 e. The Labute approximate surface area is 244 Å². The van der Waals surface area contributed by atoms with Crippen LogP contribution in [-0.4, -0.2) is 170 Å². The Morgan fingerprint density at radius 2 is 0.833 bits per heavy atom. The van der Waals surface area contributed by atoms with Gasteiger partial charge in [-0.25, -0.2) is 19.7 Å². The van der Waals surface area contributed by atoms with Crippen molar-refractivity contribution in [1.82, 2.24) is 56.1 Å². The van der Waals surface area contributed by atoms with E-state index in [9.17, 15) is 39.3 Å². The minimum absolute atomic E-state index is 0.135. The third-order valence-corrected chi connectivity index (χ3v) is 7.61. The molecule has 0 spiro atoms. The van der Waals surface area contributed by atoms with Crippen LogP contribution in [0.2, 0.25) is 27.3 Å². The van der Waals surface area contributed by atoms with Gasteiger partial charge in [-0.2, -0.15) is 0 Å². The van der Waals surface area contributed by atoms with E-state index in [1.165, 1.54) is 47.0 Å². The van der Waals surface area contributed by atoms with Crippen molar-refractivity contribution >= 4 is 51.8 Å². The summed E-state index contributed by atoms with van der Waals surface area (Å²) in [4.78, 5) is 60.5. The molecule has 24 heteroatoms. The van der Waals surface area contributed by atoms with Crippen LogP contribution in [0.4, 0.5) is 0 Å². The molecule has 20 nitrogen and oxygen atoms in total. The van der Waals surface area contributed by atoms with E-state index in [2.05, 4.69) is 21.7 Å². The van der Waals surface area contributed by atoms with E-state index < -0.39 is 76.5 Å². The number of nitrogens with two attached hydrogens (primary N) is 1. The van der Waals surface area contributed by atoms with E-state index in [4.69, 9.17) is 5.73 Å². The van der Waals surface area contributed by atoms with Crippen LogP contribution in [0.15, 0.2) is 0 Å². The van der Waals surface area contributed by atoms with E-state index in [0.717, 1.165) is 0 Å². The maximum absolute atomic E-state index is 12.6. The number of carbonyl (C=O) groups excluding carboxylic acids is 4. The first-order valence-corrected chi connectivity index (χ1v) is 13.8. The second-order valence-corrected chi connectivity index (χ2v) is 10.7. The second-order valence-electron chi connectivity index (χ2n) is 10.7. The van der Waals surface area contributed by atoms with Gasteiger partial charge in [-0.05, 0) is 27.3 Å². The number of rotatable bonds is 16. The van der Waals surface area contributed by atoms with Crippen LogP contribution in [0, 0.1) is 0 Å². The van der Waals surface area contributed by atoms with Gasteiger partial charge < -0.3 is 25.8 Å². The molecule has 4 fully saturated rings. The van der Waals surface area contributed by atoms with E-state index in [1.54, 1.807) is 9.80 Å². The highest BCUT2D eigenvalue weighted by molar-refractivity contribution is 6.48. The lowest BCUT2D eigenvalue weighted by molar-refractivity contribution is -0.178. The van der Waals surface area contributed by atoms with Crippen LogP contribution in [0.5, 0.6) is 0 Å². The van der Waals surface area contributed by atoms with Crippen LogP contribution >= 0.6 is 0 Å². The summed E-state index contributed by atoms with van der Waals surface area (Å²) < 4.78 is 0. The topological polar surface area (TPSA) is 246 Å². The van der Waals surface area contributed by atoms with Gasteiger partial charge >= 0.3 is 28.2 Å². The van der Waals surface area contributed by atoms with Gasteiger partial charge in [-0.3, -0.25) is 55.6 Å². The number of amides is 4. The van der Waals surface area contributed by atoms with Crippen molar-refractivity contribution < 1.29 is 39.3 Å². The standard InChI is InChI=1S/C18H38B4N12O8/c1-19(39)31-15(11(35)24-31)29(16-12(36)25-32(16)20(2)40)9-7-28(6-5-23)8-10-30(17-13(37)26-33(17)21(3)41)18-14(38)27-34(18)22(4)42/h15-18,39-42H,5-10,23H2,1-4H3,(H,24,35)(H,25,36)(H,26,37)(H,27,38). The van der Waals surface area contributed by atoms with E-state index in [-0.39, 0.29) is 32.7 Å². The molecule has 4 atom stereocenters. The van der Waals surface area contributed by atoms with E-state index in [1.807, 2.05) is 4.90 Å². The van der Waals surface area contributed by atoms with Crippen LogP contribution in [0.3, 0.4) is 0 Å². The van der Waals surface area contributed by atoms with Crippen molar-refractivity contribution in [3.63, 3.8) is 0 Å². The molecule has 0 aliphatic carbocycles. The van der Waals surface area contributed by atoms with Gasteiger partial charge in [0, 0.05) is 39.3 Å². The first-order valence-electron chi connectivity index (χ1n) is 13.8. The Hall–Kier alpha value is -2.34. The van der Waals surface area contributed by atoms with Crippen LogP contribution in [0.25, 0.3) is 0 Å². The van der Waals surface area contributed by atoms with Crippen molar-refractivity contribution in [1.29, 1.82) is 0 Å². The predicted octanol–water partition coefficient (Wildman–Crippen LogP) is -8.02. The lowest BCUT2D eigenvalue weighted by Crippen LogP contribution is -2.84. The van der Waals surface area contributed by atoms with Crippen LogP contribution in [-0.2, 0) is 19.2 Å². The van der Waals surface area contributed by atoms with Gasteiger partial charge in [0.1, 0.15) is 0 Å². The Kier molecular flexibility index (Phi) is 10.2. The summed E-state index contributed by atoms with van der Waals surface area (Å²) in [5, 5.41) is 40.5. The molecule has 0 radical (unpaired) electrons. The molecule has 42 heavy (non-hydrogen) atoms. The van der Waals surface area contributed by atoms with Gasteiger partial charge in [-0.1, -0.05) is 0 Å². The molecule has 0 aromatic rings. The number of nitrogens with one attached hydrogen (secondary N) is 4. The van der Waals surface area contributed by atoms with Gasteiger partial charge in [-0.15, -0.1) is 0 Å². The average Bonchev–Trinajstić information content (AvgIpc) is 2.87. The Morgan fingerprint density at radius 3 is 1.02 bits per heavy atom. The zero-order chi connectivity index (χ0) is 31.0. The summed E-state index contributed by atoms with van der Waals surface area (Å²) >= 11 is 0. The Balaban J connectivity index is 1.51. The molecule has 0 aromatic heterocycles. The molecular formula is C18H38B4N12O8. The zero-order valence-electron chi connectivity index (χ0n) is 24.0. The fourth-order valence-corrected chi connectivity index (χ4v) is 5.45. The average molecular weight is 594 g/mol. The highest BCUT2D eigenvalue weighted by atomic mass is 16.3. The SMILES string of the molecule is CB(O)N1NC(=O)C1N(CCN(CCN)CCN(C1C(=O)NN1B(C)O)C1C(=O)NN1B(C)O)C1C(=O)NN1B(C)O. The molecule has 4 aliphatic rings. The van der Waals surface area contributed by atoms with Crippen molar-refractivity contribution in [2.75, 3.05) is 39.3 Å². The second kappa shape index (κ2) is 13.1. The zero-order valence-corrected chi connectivity index (χ0v) is 24.0. The molecule has 10 N–H and O–H groups in total. The van der Waals surface area contributed by atoms with Gasteiger partial charge in [0.05, 0.1) is 0 Å². The van der Waals surface area contributed by atoms with Crippen molar-refractivity contribution in [3.8, 4) is 0 Å².